The number of nitrogens with one attached hydrogen (secondary N) is 2. The zero-order valence-corrected chi connectivity index (χ0v) is 15.9. The number of methoxy groups -OCH3 is 1. The van der Waals surface area contributed by atoms with Crippen molar-refractivity contribution in [1.29, 1.82) is 5.41 Å². The van der Waals surface area contributed by atoms with Crippen LogP contribution in [0.1, 0.15) is 31.0 Å². The van der Waals surface area contributed by atoms with Crippen molar-refractivity contribution in [2.45, 2.75) is 19.9 Å². The maximum absolute atomic E-state index is 12.5. The zero-order valence-electron chi connectivity index (χ0n) is 15.9. The van der Waals surface area contributed by atoms with Crippen LogP contribution in [0.25, 0.3) is 0 Å². The molecule has 0 saturated heterocycles. The summed E-state index contributed by atoms with van der Waals surface area (Å²) < 4.78 is 15.6. The highest BCUT2D eigenvalue weighted by Crippen LogP contribution is 2.32. The van der Waals surface area contributed by atoms with Crippen LogP contribution in [-0.2, 0) is 14.3 Å². The summed E-state index contributed by atoms with van der Waals surface area (Å²) >= 11 is 0. The number of esters is 2. The number of nitrogen functional groups attached to an aromatic ring is 1. The average Bonchev–Trinajstić information content (AvgIpc) is 2.66. The number of carbonyl (C=O) groups is 2. The van der Waals surface area contributed by atoms with Gasteiger partial charge in [0, 0.05) is 18.2 Å². The van der Waals surface area contributed by atoms with Gasteiger partial charge in [0.25, 0.3) is 0 Å². The number of rotatable bonds is 8. The monoisotopic (exact) mass is 385 g/mol. The fourth-order valence-corrected chi connectivity index (χ4v) is 2.53. The maximum Gasteiger partial charge on any atom is 0.340 e. The van der Waals surface area contributed by atoms with E-state index < -0.39 is 18.0 Å². The summed E-state index contributed by atoms with van der Waals surface area (Å²) in [4.78, 5) is 23.8. The van der Waals surface area contributed by atoms with Gasteiger partial charge < -0.3 is 25.3 Å². The molecule has 0 aliphatic rings. The Balaban J connectivity index is 2.37. The summed E-state index contributed by atoms with van der Waals surface area (Å²) in [6.45, 7) is 3.48. The Kier molecular flexibility index (Phi) is 6.97. The minimum absolute atomic E-state index is 0.0599. The Hall–Kier alpha value is -3.55. The van der Waals surface area contributed by atoms with Crippen molar-refractivity contribution in [3.63, 3.8) is 0 Å². The average molecular weight is 385 g/mol. The third kappa shape index (κ3) is 5.23. The first-order chi connectivity index (χ1) is 13.3. The van der Waals surface area contributed by atoms with Crippen molar-refractivity contribution >= 4 is 23.5 Å². The van der Waals surface area contributed by atoms with Crippen molar-refractivity contribution in [3.8, 4) is 11.5 Å². The minimum Gasteiger partial charge on any atom is -0.493 e. The molecule has 148 valence electrons. The molecule has 8 heteroatoms. The second-order valence-corrected chi connectivity index (χ2v) is 5.82. The zero-order chi connectivity index (χ0) is 20.7. The molecule has 0 spiro atoms. The van der Waals surface area contributed by atoms with Gasteiger partial charge in [-0.3, -0.25) is 10.2 Å². The second kappa shape index (κ2) is 9.40. The van der Waals surface area contributed by atoms with E-state index >= 15 is 0 Å². The number of ether oxygens (including phenoxy) is 3. The van der Waals surface area contributed by atoms with Crippen molar-refractivity contribution in [1.82, 2.24) is 0 Å². The Labute approximate surface area is 163 Å². The highest BCUT2D eigenvalue weighted by atomic mass is 16.6. The lowest BCUT2D eigenvalue weighted by atomic mass is 10.1. The van der Waals surface area contributed by atoms with Crippen LogP contribution < -0.4 is 20.5 Å². The highest BCUT2D eigenvalue weighted by molar-refractivity contribution is 5.95. The molecule has 0 aromatic heterocycles. The number of anilines is 1. The topological polar surface area (TPSA) is 124 Å². The van der Waals surface area contributed by atoms with Crippen LogP contribution in [0.4, 0.5) is 5.69 Å². The summed E-state index contributed by atoms with van der Waals surface area (Å²) in [7, 11) is 1.50. The van der Waals surface area contributed by atoms with Gasteiger partial charge in [0.05, 0.1) is 13.7 Å². The standard InChI is InChI=1S/C20H23N3O5/c1-4-27-16-10-7-14(11-17(16)26-3)18(20(25)28-12(2)24)23-15-8-5-13(6-9-15)19(21)22/h5-11,18,23H,4H2,1-3H3,(H3,21,22). The number of benzene rings is 2. The van der Waals surface area contributed by atoms with Gasteiger partial charge in [0.1, 0.15) is 5.84 Å². The molecule has 0 amide bonds. The van der Waals surface area contributed by atoms with Gasteiger partial charge in [0.2, 0.25) is 0 Å². The van der Waals surface area contributed by atoms with Gasteiger partial charge in [-0.05, 0) is 48.9 Å². The maximum atomic E-state index is 12.5. The fourth-order valence-electron chi connectivity index (χ4n) is 2.53. The predicted molar refractivity (Wildman–Crippen MR) is 105 cm³/mol. The van der Waals surface area contributed by atoms with Crippen LogP contribution >= 0.6 is 0 Å². The molecule has 2 aromatic carbocycles. The molecule has 0 bridgehead atoms. The number of nitrogens with two attached hydrogens (primary N) is 1. The van der Waals surface area contributed by atoms with E-state index in [-0.39, 0.29) is 5.84 Å². The van der Waals surface area contributed by atoms with E-state index in [1.165, 1.54) is 7.11 Å². The van der Waals surface area contributed by atoms with Crippen LogP contribution in [0.15, 0.2) is 42.5 Å². The molecule has 0 radical (unpaired) electrons. The van der Waals surface area contributed by atoms with Crippen molar-refractivity contribution in [3.05, 3.63) is 53.6 Å². The van der Waals surface area contributed by atoms with Gasteiger partial charge in [-0.1, -0.05) is 6.07 Å². The van der Waals surface area contributed by atoms with Gasteiger partial charge in [-0.15, -0.1) is 0 Å². The van der Waals surface area contributed by atoms with E-state index in [0.29, 0.717) is 34.9 Å². The molecule has 1 atom stereocenters. The molecule has 4 N–H and O–H groups in total. The van der Waals surface area contributed by atoms with Crippen molar-refractivity contribution < 1.29 is 23.8 Å². The summed E-state index contributed by atoms with van der Waals surface area (Å²) in [6.07, 6.45) is 0. The first-order valence-electron chi connectivity index (χ1n) is 8.59. The van der Waals surface area contributed by atoms with Crippen LogP contribution in [0.5, 0.6) is 11.5 Å². The van der Waals surface area contributed by atoms with Gasteiger partial charge in [0.15, 0.2) is 17.5 Å². The van der Waals surface area contributed by atoms with Gasteiger partial charge >= 0.3 is 11.9 Å². The first kappa shape index (κ1) is 20.8. The van der Waals surface area contributed by atoms with Crippen molar-refractivity contribution in [2.24, 2.45) is 5.73 Å². The third-order valence-electron chi connectivity index (χ3n) is 3.81. The third-order valence-corrected chi connectivity index (χ3v) is 3.81. The molecule has 2 rings (SSSR count). The van der Waals surface area contributed by atoms with E-state index in [2.05, 4.69) is 5.32 Å². The molecule has 0 aliphatic carbocycles. The van der Waals surface area contributed by atoms with Crippen molar-refractivity contribution in [2.75, 3.05) is 19.0 Å². The van der Waals surface area contributed by atoms with E-state index in [1.807, 2.05) is 6.92 Å². The van der Waals surface area contributed by atoms with E-state index in [1.54, 1.807) is 42.5 Å². The van der Waals surface area contributed by atoms with E-state index in [0.717, 1.165) is 6.92 Å². The lowest BCUT2D eigenvalue weighted by Crippen LogP contribution is -2.25. The first-order valence-corrected chi connectivity index (χ1v) is 8.59. The number of hydrogen-bond donors (Lipinski definition) is 3. The Bertz CT molecular complexity index is 865. The summed E-state index contributed by atoms with van der Waals surface area (Å²) in [5.41, 5.74) is 7.12. The molecule has 2 aromatic rings. The molecule has 0 aliphatic heterocycles. The summed E-state index contributed by atoms with van der Waals surface area (Å²) in [5, 5.41) is 10.5. The van der Waals surface area contributed by atoms with E-state index in [4.69, 9.17) is 25.4 Å². The lowest BCUT2D eigenvalue weighted by Gasteiger charge is -2.20. The number of amidine groups is 1. The second-order valence-electron chi connectivity index (χ2n) is 5.82. The smallest absolute Gasteiger partial charge is 0.340 e. The van der Waals surface area contributed by atoms with Gasteiger partial charge in [-0.2, -0.15) is 0 Å². The molecular formula is C20H23N3O5. The predicted octanol–water partition coefficient (Wildman–Crippen LogP) is 2.62. The summed E-state index contributed by atoms with van der Waals surface area (Å²) in [5.74, 6) is -0.529. The van der Waals surface area contributed by atoms with E-state index in [9.17, 15) is 9.59 Å². The molecule has 28 heavy (non-hydrogen) atoms. The molecular weight excluding hydrogens is 362 g/mol. The van der Waals surface area contributed by atoms with Crippen LogP contribution in [-0.4, -0.2) is 31.5 Å². The molecule has 0 saturated carbocycles. The summed E-state index contributed by atoms with van der Waals surface area (Å²) in [6, 6.07) is 10.7. The minimum atomic E-state index is -0.961. The normalized spacial score (nSPS) is 11.2. The Morgan fingerprint density at radius 3 is 2.36 bits per heavy atom. The largest absolute Gasteiger partial charge is 0.493 e. The highest BCUT2D eigenvalue weighted by Gasteiger charge is 2.25. The molecule has 0 heterocycles. The fraction of sp³-hybridized carbons (Fsp3) is 0.250. The quantitative estimate of drug-likeness (QED) is 0.276. The van der Waals surface area contributed by atoms with Crippen LogP contribution in [0.2, 0.25) is 0 Å². The lowest BCUT2D eigenvalue weighted by molar-refractivity contribution is -0.158. The Morgan fingerprint density at radius 2 is 1.82 bits per heavy atom. The van der Waals surface area contributed by atoms with Crippen LogP contribution in [0, 0.1) is 5.41 Å². The van der Waals surface area contributed by atoms with Gasteiger partial charge in [-0.25, -0.2) is 4.79 Å². The van der Waals surface area contributed by atoms with Crippen LogP contribution in [0.3, 0.4) is 0 Å². The SMILES string of the molecule is CCOc1ccc(C(Nc2ccc(C(=N)N)cc2)C(=O)OC(C)=O)cc1OC. The number of hydrogen-bond acceptors (Lipinski definition) is 7. The number of carbonyl (C=O) groups excluding carboxylic acids is 2. The molecule has 0 fully saturated rings. The Morgan fingerprint density at radius 1 is 1.14 bits per heavy atom. The molecule has 8 nitrogen and oxygen atoms in total. The molecule has 1 unspecified atom stereocenters.